The Kier molecular flexibility index (Phi) is 2.77. The largest absolute Gasteiger partial charge is 0.416 e. The Balaban J connectivity index is 3.31. The van der Waals surface area contributed by atoms with Gasteiger partial charge in [-0.05, 0) is 17.7 Å². The molecule has 0 amide bonds. The minimum absolute atomic E-state index is 0.0745. The van der Waals surface area contributed by atoms with Crippen LogP contribution >= 0.6 is 0 Å². The molecule has 5 heteroatoms. The number of aliphatic hydroxyl groups excluding tert-OH is 1. The number of hydrogen-bond donors (Lipinski definition) is 1. The van der Waals surface area contributed by atoms with Gasteiger partial charge in [0.15, 0.2) is 0 Å². The van der Waals surface area contributed by atoms with E-state index in [0.717, 1.165) is 12.1 Å². The van der Waals surface area contributed by atoms with E-state index in [2.05, 4.69) is 0 Å². The van der Waals surface area contributed by atoms with Crippen LogP contribution in [0.25, 0.3) is 0 Å². The summed E-state index contributed by atoms with van der Waals surface area (Å²) in [6, 6.07) is 4.67. The van der Waals surface area contributed by atoms with Gasteiger partial charge in [-0.1, -0.05) is 6.07 Å². The molecule has 1 aromatic rings. The van der Waals surface area contributed by atoms with Gasteiger partial charge in [0.25, 0.3) is 0 Å². The summed E-state index contributed by atoms with van der Waals surface area (Å²) in [5, 5.41) is 17.1. The van der Waals surface area contributed by atoms with Crippen LogP contribution in [0.5, 0.6) is 0 Å². The highest BCUT2D eigenvalue weighted by Gasteiger charge is 2.33. The number of aliphatic hydroxyl groups is 1. The molecule has 0 fully saturated rings. The summed E-state index contributed by atoms with van der Waals surface area (Å²) in [4.78, 5) is 0. The molecule has 0 atom stereocenters. The fraction of sp³-hybridized carbons (Fsp3) is 0.222. The second-order valence-corrected chi connectivity index (χ2v) is 2.64. The first-order valence-corrected chi connectivity index (χ1v) is 3.70. The number of hydrogen-bond acceptors (Lipinski definition) is 2. The number of halogens is 3. The standard InChI is InChI=1S/C9H6F3NO/c10-9(11,12)8-3-6(4-13)1-2-7(8)5-14/h1-3,14H,5H2. The molecule has 0 saturated heterocycles. The van der Waals surface area contributed by atoms with Crippen LogP contribution in [0.4, 0.5) is 13.2 Å². The van der Waals surface area contributed by atoms with E-state index in [9.17, 15) is 13.2 Å². The lowest BCUT2D eigenvalue weighted by atomic mass is 10.0. The zero-order valence-corrected chi connectivity index (χ0v) is 6.97. The zero-order chi connectivity index (χ0) is 10.8. The van der Waals surface area contributed by atoms with Gasteiger partial charge in [-0.2, -0.15) is 18.4 Å². The number of nitriles is 1. The van der Waals surface area contributed by atoms with Crippen LogP contribution in [0, 0.1) is 11.3 Å². The normalized spacial score (nSPS) is 11.1. The SMILES string of the molecule is N#Cc1ccc(CO)c(C(F)(F)F)c1. The van der Waals surface area contributed by atoms with Gasteiger partial charge in [0.2, 0.25) is 0 Å². The van der Waals surface area contributed by atoms with Crippen molar-refractivity contribution in [2.45, 2.75) is 12.8 Å². The van der Waals surface area contributed by atoms with Crippen molar-refractivity contribution in [3.63, 3.8) is 0 Å². The summed E-state index contributed by atoms with van der Waals surface area (Å²) in [5.41, 5.74) is -1.26. The van der Waals surface area contributed by atoms with E-state index in [1.165, 1.54) is 6.07 Å². The lowest BCUT2D eigenvalue weighted by Crippen LogP contribution is -2.09. The Morgan fingerprint density at radius 3 is 2.43 bits per heavy atom. The molecule has 0 unspecified atom stereocenters. The van der Waals surface area contributed by atoms with Gasteiger partial charge in [-0.25, -0.2) is 0 Å². The summed E-state index contributed by atoms with van der Waals surface area (Å²) >= 11 is 0. The van der Waals surface area contributed by atoms with Crippen LogP contribution in [0.3, 0.4) is 0 Å². The molecular formula is C9H6F3NO. The Morgan fingerprint density at radius 1 is 1.36 bits per heavy atom. The summed E-state index contributed by atoms with van der Waals surface area (Å²) < 4.78 is 37.0. The van der Waals surface area contributed by atoms with Crippen LogP contribution < -0.4 is 0 Å². The van der Waals surface area contributed by atoms with Crippen LogP contribution in [-0.2, 0) is 12.8 Å². The fourth-order valence-electron chi connectivity index (χ4n) is 1.05. The molecular weight excluding hydrogens is 195 g/mol. The second kappa shape index (κ2) is 3.68. The molecule has 0 aliphatic heterocycles. The summed E-state index contributed by atoms with van der Waals surface area (Å²) in [6.45, 7) is -0.694. The van der Waals surface area contributed by atoms with Crippen LogP contribution in [0.15, 0.2) is 18.2 Å². The minimum Gasteiger partial charge on any atom is -0.392 e. The molecule has 14 heavy (non-hydrogen) atoms. The molecule has 0 aliphatic rings. The number of benzene rings is 1. The molecule has 0 aromatic heterocycles. The highest BCUT2D eigenvalue weighted by atomic mass is 19.4. The first kappa shape index (κ1) is 10.5. The Labute approximate surface area is 78.2 Å². The molecule has 0 radical (unpaired) electrons. The van der Waals surface area contributed by atoms with Gasteiger partial charge in [0, 0.05) is 0 Å². The van der Waals surface area contributed by atoms with Crippen LogP contribution in [-0.4, -0.2) is 5.11 Å². The van der Waals surface area contributed by atoms with Crippen molar-refractivity contribution in [3.8, 4) is 6.07 Å². The van der Waals surface area contributed by atoms with E-state index in [0.29, 0.717) is 0 Å². The highest BCUT2D eigenvalue weighted by molar-refractivity contribution is 5.39. The highest BCUT2D eigenvalue weighted by Crippen LogP contribution is 2.32. The zero-order valence-electron chi connectivity index (χ0n) is 6.97. The van der Waals surface area contributed by atoms with Crippen molar-refractivity contribution in [1.29, 1.82) is 5.26 Å². The fourth-order valence-corrected chi connectivity index (χ4v) is 1.05. The Morgan fingerprint density at radius 2 is 2.00 bits per heavy atom. The van der Waals surface area contributed by atoms with Gasteiger partial charge in [-0.15, -0.1) is 0 Å². The minimum atomic E-state index is -4.54. The third kappa shape index (κ3) is 2.03. The molecule has 0 saturated carbocycles. The molecule has 0 spiro atoms. The predicted octanol–water partition coefficient (Wildman–Crippen LogP) is 2.07. The topological polar surface area (TPSA) is 44.0 Å². The quantitative estimate of drug-likeness (QED) is 0.755. The van der Waals surface area contributed by atoms with Gasteiger partial charge >= 0.3 is 6.18 Å². The monoisotopic (exact) mass is 201 g/mol. The average molecular weight is 201 g/mol. The second-order valence-electron chi connectivity index (χ2n) is 2.64. The molecule has 2 nitrogen and oxygen atoms in total. The Hall–Kier alpha value is -1.54. The molecule has 1 N–H and O–H groups in total. The van der Waals surface area contributed by atoms with E-state index >= 15 is 0 Å². The van der Waals surface area contributed by atoms with Gasteiger partial charge in [-0.3, -0.25) is 0 Å². The van der Waals surface area contributed by atoms with Crippen molar-refractivity contribution in [2.24, 2.45) is 0 Å². The number of rotatable bonds is 1. The Bertz CT molecular complexity index is 379. The van der Waals surface area contributed by atoms with Crippen molar-refractivity contribution in [2.75, 3.05) is 0 Å². The van der Waals surface area contributed by atoms with Gasteiger partial charge < -0.3 is 5.11 Å². The summed E-state index contributed by atoms with van der Waals surface area (Å²) in [5.74, 6) is 0. The number of nitrogens with zero attached hydrogens (tertiary/aromatic N) is 1. The molecule has 0 heterocycles. The molecule has 74 valence electrons. The van der Waals surface area contributed by atoms with E-state index in [4.69, 9.17) is 10.4 Å². The first-order valence-electron chi connectivity index (χ1n) is 3.70. The van der Waals surface area contributed by atoms with E-state index in [1.54, 1.807) is 6.07 Å². The van der Waals surface area contributed by atoms with Crippen molar-refractivity contribution in [1.82, 2.24) is 0 Å². The third-order valence-corrected chi connectivity index (χ3v) is 1.71. The lowest BCUT2D eigenvalue weighted by Gasteiger charge is -2.10. The molecule has 1 rings (SSSR count). The molecule has 0 aliphatic carbocycles. The van der Waals surface area contributed by atoms with E-state index in [-0.39, 0.29) is 11.1 Å². The maximum atomic E-state index is 12.3. The van der Waals surface area contributed by atoms with Crippen molar-refractivity contribution in [3.05, 3.63) is 34.9 Å². The molecule has 1 aromatic carbocycles. The predicted molar refractivity (Wildman–Crippen MR) is 42.1 cm³/mol. The van der Waals surface area contributed by atoms with Crippen LogP contribution in [0.1, 0.15) is 16.7 Å². The average Bonchev–Trinajstić information content (AvgIpc) is 2.15. The number of alkyl halides is 3. The maximum absolute atomic E-state index is 12.3. The lowest BCUT2D eigenvalue weighted by molar-refractivity contribution is -0.138. The van der Waals surface area contributed by atoms with Crippen molar-refractivity contribution < 1.29 is 18.3 Å². The molecule has 0 bridgehead atoms. The van der Waals surface area contributed by atoms with Crippen molar-refractivity contribution >= 4 is 0 Å². The van der Waals surface area contributed by atoms with E-state index in [1.807, 2.05) is 0 Å². The van der Waals surface area contributed by atoms with Gasteiger partial charge in [0.05, 0.1) is 23.8 Å². The summed E-state index contributed by atoms with van der Waals surface area (Å²) in [7, 11) is 0. The van der Waals surface area contributed by atoms with Crippen LogP contribution in [0.2, 0.25) is 0 Å². The smallest absolute Gasteiger partial charge is 0.392 e. The van der Waals surface area contributed by atoms with E-state index < -0.39 is 18.3 Å². The summed E-state index contributed by atoms with van der Waals surface area (Å²) in [6.07, 6.45) is -4.54. The maximum Gasteiger partial charge on any atom is 0.416 e. The third-order valence-electron chi connectivity index (χ3n) is 1.71. The first-order chi connectivity index (χ1) is 6.49. The van der Waals surface area contributed by atoms with Gasteiger partial charge in [0.1, 0.15) is 0 Å².